The fourth-order valence-corrected chi connectivity index (χ4v) is 4.53. The molecule has 0 saturated heterocycles. The van der Waals surface area contributed by atoms with Gasteiger partial charge in [0.25, 0.3) is 11.1 Å². The van der Waals surface area contributed by atoms with Crippen molar-refractivity contribution in [3.63, 3.8) is 0 Å². The lowest BCUT2D eigenvalue weighted by Crippen LogP contribution is -2.25. The van der Waals surface area contributed by atoms with Gasteiger partial charge < -0.3 is 19.5 Å². The second-order valence-corrected chi connectivity index (χ2v) is 10.6. The zero-order valence-corrected chi connectivity index (χ0v) is 22.8. The van der Waals surface area contributed by atoms with Crippen LogP contribution in [0.4, 0.5) is 15.9 Å². The van der Waals surface area contributed by atoms with Gasteiger partial charge in [-0.25, -0.2) is 9.37 Å². The van der Waals surface area contributed by atoms with E-state index in [-0.39, 0.29) is 33.4 Å². The molecule has 0 aliphatic heterocycles. The highest BCUT2D eigenvalue weighted by atomic mass is 19.1. The molecular formula is C29H29FN6O4. The van der Waals surface area contributed by atoms with Crippen LogP contribution in [0.1, 0.15) is 44.6 Å². The summed E-state index contributed by atoms with van der Waals surface area (Å²) in [4.78, 5) is 30.6. The molecule has 10 nitrogen and oxygen atoms in total. The predicted octanol–water partition coefficient (Wildman–Crippen LogP) is 4.37. The van der Waals surface area contributed by atoms with E-state index in [0.717, 1.165) is 10.2 Å². The predicted molar refractivity (Wildman–Crippen MR) is 150 cm³/mol. The second kappa shape index (κ2) is 10.2. The van der Waals surface area contributed by atoms with Gasteiger partial charge in [-0.3, -0.25) is 9.59 Å². The van der Waals surface area contributed by atoms with Crippen molar-refractivity contribution in [2.75, 3.05) is 5.32 Å². The normalized spacial score (nSPS) is 11.8. The molecule has 2 N–H and O–H groups in total. The molecule has 1 aromatic carbocycles. The quantitative estimate of drug-likeness (QED) is 0.323. The lowest BCUT2D eigenvalue weighted by atomic mass is 9.86. The van der Waals surface area contributed by atoms with Crippen molar-refractivity contribution in [3.05, 3.63) is 92.3 Å². The van der Waals surface area contributed by atoms with Crippen molar-refractivity contribution in [1.82, 2.24) is 24.5 Å². The molecule has 0 spiro atoms. The smallest absolute Gasteiger partial charge is 0.283 e. The van der Waals surface area contributed by atoms with Gasteiger partial charge >= 0.3 is 0 Å². The Kier molecular flexibility index (Phi) is 6.84. The average molecular weight is 545 g/mol. The summed E-state index contributed by atoms with van der Waals surface area (Å²) < 4.78 is 22.8. The number of aliphatic hydroxyl groups excluding tert-OH is 1. The molecule has 40 heavy (non-hydrogen) atoms. The molecule has 0 aliphatic rings. The lowest BCUT2D eigenvalue weighted by Gasteiger charge is -2.20. The number of aryl methyl sites for hydroxylation is 2. The van der Waals surface area contributed by atoms with Crippen molar-refractivity contribution in [1.29, 1.82) is 0 Å². The van der Waals surface area contributed by atoms with Gasteiger partial charge in [-0.15, -0.1) is 0 Å². The van der Waals surface area contributed by atoms with Crippen LogP contribution in [0.25, 0.3) is 27.7 Å². The van der Waals surface area contributed by atoms with Gasteiger partial charge in [0.15, 0.2) is 11.6 Å². The maximum atomic E-state index is 15.2. The molecule has 5 aromatic rings. The number of hydrogen-bond donors (Lipinski definition) is 2. The SMILES string of the molecule is CCc1cc(Nc2cc(-c3ccnc(-n4ncc5cc(C(C)(C)C)cc(F)c5c4=O)c3CO)cn(C)c2=O)no1. The second-order valence-electron chi connectivity index (χ2n) is 10.6. The molecule has 11 heteroatoms. The van der Waals surface area contributed by atoms with Gasteiger partial charge in [0, 0.05) is 48.4 Å². The molecule has 5 rings (SSSR count). The van der Waals surface area contributed by atoms with Crippen molar-refractivity contribution < 1.29 is 14.0 Å². The number of aliphatic hydroxyl groups is 1. The number of anilines is 2. The van der Waals surface area contributed by atoms with Crippen LogP contribution in [0.15, 0.2) is 63.0 Å². The molecule has 0 fully saturated rings. The van der Waals surface area contributed by atoms with Crippen LogP contribution in [0, 0.1) is 5.82 Å². The molecule has 4 heterocycles. The summed E-state index contributed by atoms with van der Waals surface area (Å²) in [5, 5.41) is 21.9. The Bertz CT molecular complexity index is 1870. The number of rotatable bonds is 6. The topological polar surface area (TPSA) is 128 Å². The van der Waals surface area contributed by atoms with Crippen LogP contribution >= 0.6 is 0 Å². The van der Waals surface area contributed by atoms with E-state index in [4.69, 9.17) is 4.52 Å². The number of fused-ring (bicyclic) bond motifs is 1. The molecule has 4 aromatic heterocycles. The Morgan fingerprint density at radius 3 is 2.58 bits per heavy atom. The summed E-state index contributed by atoms with van der Waals surface area (Å²) in [7, 11) is 1.60. The van der Waals surface area contributed by atoms with Gasteiger partial charge in [-0.05, 0) is 40.8 Å². The van der Waals surface area contributed by atoms with Gasteiger partial charge in [-0.2, -0.15) is 9.78 Å². The van der Waals surface area contributed by atoms with Crippen LogP contribution in [0.5, 0.6) is 0 Å². The number of nitrogens with one attached hydrogen (secondary N) is 1. The minimum absolute atomic E-state index is 0.0543. The van der Waals surface area contributed by atoms with Crippen LogP contribution in [-0.2, 0) is 25.5 Å². The first-order chi connectivity index (χ1) is 19.0. The summed E-state index contributed by atoms with van der Waals surface area (Å²) in [6.45, 7) is 7.30. The first-order valence-corrected chi connectivity index (χ1v) is 12.8. The average Bonchev–Trinajstić information content (AvgIpc) is 3.37. The number of benzene rings is 1. The minimum atomic E-state index is -0.699. The van der Waals surface area contributed by atoms with Crippen molar-refractivity contribution >= 4 is 22.3 Å². The summed E-state index contributed by atoms with van der Waals surface area (Å²) in [6.07, 6.45) is 5.14. The number of hydrogen-bond acceptors (Lipinski definition) is 8. The number of halogens is 1. The standard InChI is InChI=1S/C29H29FN6O4/c1-6-19-12-24(34-40-19)33-23-10-17(14-35(5)27(23)38)20-7-8-31-26(21(20)15-37)36-28(39)25-16(13-32-36)9-18(11-22(25)30)29(2,3)4/h7-14,37H,6,15H2,1-5H3,(H,33,34). The Labute approximate surface area is 228 Å². The van der Waals surface area contributed by atoms with Crippen LogP contribution in [0.3, 0.4) is 0 Å². The lowest BCUT2D eigenvalue weighted by molar-refractivity contribution is 0.281. The fraction of sp³-hybridized carbons (Fsp3) is 0.276. The summed E-state index contributed by atoms with van der Waals surface area (Å²) in [6, 6.07) is 8.10. The molecule has 0 unspecified atom stereocenters. The highest BCUT2D eigenvalue weighted by molar-refractivity contribution is 5.83. The van der Waals surface area contributed by atoms with Crippen molar-refractivity contribution in [2.45, 2.75) is 46.1 Å². The molecule has 0 radical (unpaired) electrons. The van der Waals surface area contributed by atoms with Crippen LogP contribution < -0.4 is 16.4 Å². The van der Waals surface area contributed by atoms with Gasteiger partial charge in [-0.1, -0.05) is 32.9 Å². The molecule has 0 saturated carbocycles. The Morgan fingerprint density at radius 1 is 1.12 bits per heavy atom. The first-order valence-electron chi connectivity index (χ1n) is 12.8. The monoisotopic (exact) mass is 544 g/mol. The van der Waals surface area contributed by atoms with Crippen LogP contribution in [-0.4, -0.2) is 29.6 Å². The maximum absolute atomic E-state index is 15.2. The zero-order chi connectivity index (χ0) is 28.8. The Morgan fingerprint density at radius 2 is 1.90 bits per heavy atom. The largest absolute Gasteiger partial charge is 0.392 e. The van der Waals surface area contributed by atoms with Gasteiger partial charge in [0.1, 0.15) is 17.3 Å². The summed E-state index contributed by atoms with van der Waals surface area (Å²) >= 11 is 0. The van der Waals surface area contributed by atoms with E-state index in [1.165, 1.54) is 23.0 Å². The Hall–Kier alpha value is -4.64. The molecule has 0 bridgehead atoms. The van der Waals surface area contributed by atoms with Gasteiger partial charge in [0.05, 0.1) is 18.2 Å². The van der Waals surface area contributed by atoms with E-state index >= 15 is 4.39 Å². The third kappa shape index (κ3) is 4.79. The third-order valence-corrected chi connectivity index (χ3v) is 6.76. The van der Waals surface area contributed by atoms with Crippen molar-refractivity contribution in [2.24, 2.45) is 7.05 Å². The van der Waals surface area contributed by atoms with E-state index < -0.39 is 18.0 Å². The molecule has 206 valence electrons. The van der Waals surface area contributed by atoms with E-state index in [1.807, 2.05) is 27.7 Å². The zero-order valence-electron chi connectivity index (χ0n) is 22.8. The van der Waals surface area contributed by atoms with Crippen molar-refractivity contribution in [3.8, 4) is 16.9 Å². The molecule has 0 atom stereocenters. The van der Waals surface area contributed by atoms with E-state index in [9.17, 15) is 14.7 Å². The minimum Gasteiger partial charge on any atom is -0.392 e. The summed E-state index contributed by atoms with van der Waals surface area (Å²) in [5.74, 6) is 0.445. The maximum Gasteiger partial charge on any atom is 0.283 e. The van der Waals surface area contributed by atoms with Crippen LogP contribution in [0.2, 0.25) is 0 Å². The van der Waals surface area contributed by atoms with E-state index in [0.29, 0.717) is 34.5 Å². The van der Waals surface area contributed by atoms with Gasteiger partial charge in [0.2, 0.25) is 0 Å². The number of pyridine rings is 2. The highest BCUT2D eigenvalue weighted by Crippen LogP contribution is 2.30. The summed E-state index contributed by atoms with van der Waals surface area (Å²) in [5.41, 5.74) is 1.00. The van der Waals surface area contributed by atoms with E-state index in [2.05, 4.69) is 20.6 Å². The third-order valence-electron chi connectivity index (χ3n) is 6.76. The van der Waals surface area contributed by atoms with E-state index in [1.54, 1.807) is 37.5 Å². The molecule has 0 aliphatic carbocycles. The number of nitrogens with zero attached hydrogens (tertiary/aromatic N) is 5. The number of aromatic nitrogens is 5. The molecule has 0 amide bonds. The fourth-order valence-electron chi connectivity index (χ4n) is 4.53. The highest BCUT2D eigenvalue weighted by Gasteiger charge is 2.21. The first kappa shape index (κ1) is 26.9. The Balaban J connectivity index is 1.64. The molecular weight excluding hydrogens is 515 g/mol.